The van der Waals surface area contributed by atoms with Gasteiger partial charge in [0.2, 0.25) is 5.69 Å². The maximum Gasteiger partial charge on any atom is 0.363 e. The van der Waals surface area contributed by atoms with Gasteiger partial charge in [0.15, 0.2) is 0 Å². The van der Waals surface area contributed by atoms with Gasteiger partial charge in [0.05, 0.1) is 24.2 Å². The third-order valence-corrected chi connectivity index (χ3v) is 1.75. The van der Waals surface area contributed by atoms with E-state index in [1.807, 2.05) is 0 Å². The van der Waals surface area contributed by atoms with Gasteiger partial charge in [0, 0.05) is 0 Å². The minimum Gasteiger partial charge on any atom is -0.476 e. The maximum atomic E-state index is 10.6. The molecular weight excluding hydrogens is 222 g/mol. The molecular formula is C7H9N3O6. The van der Waals surface area contributed by atoms with Crippen LogP contribution in [0.25, 0.3) is 0 Å². The Hall–Kier alpha value is -2.00. The van der Waals surface area contributed by atoms with Crippen LogP contribution in [0.15, 0.2) is 6.20 Å². The molecule has 3 N–H and O–H groups in total. The molecule has 9 nitrogen and oxygen atoms in total. The second-order valence-electron chi connectivity index (χ2n) is 2.98. The maximum absolute atomic E-state index is 10.6. The van der Waals surface area contributed by atoms with Crippen molar-refractivity contribution in [2.24, 2.45) is 0 Å². The molecule has 0 saturated carbocycles. The number of aromatic carboxylic acids is 1. The van der Waals surface area contributed by atoms with Crippen molar-refractivity contribution < 1.29 is 25.0 Å². The summed E-state index contributed by atoms with van der Waals surface area (Å²) in [6.07, 6.45) is -0.261. The summed E-state index contributed by atoms with van der Waals surface area (Å²) in [6, 6.07) is 0. The van der Waals surface area contributed by atoms with Crippen LogP contribution in [-0.2, 0) is 6.54 Å². The van der Waals surface area contributed by atoms with E-state index in [9.17, 15) is 14.9 Å². The standard InChI is InChI=1S/C7H9N3O6/c11-3-4(12)1-9-2-5(10(15)16)6(8-9)7(13)14/h2,4,11-12H,1,3H2,(H,13,14). The minimum absolute atomic E-state index is 0.218. The second-order valence-corrected chi connectivity index (χ2v) is 2.98. The monoisotopic (exact) mass is 231 g/mol. The van der Waals surface area contributed by atoms with Crippen LogP contribution in [0.4, 0.5) is 5.69 Å². The average Bonchev–Trinajstić information content (AvgIpc) is 2.61. The van der Waals surface area contributed by atoms with Crippen molar-refractivity contribution in [2.45, 2.75) is 12.6 Å². The van der Waals surface area contributed by atoms with Crippen molar-refractivity contribution in [3.8, 4) is 0 Å². The van der Waals surface area contributed by atoms with Gasteiger partial charge in [-0.05, 0) is 0 Å². The number of carboxylic acid groups (broad SMARTS) is 1. The summed E-state index contributed by atoms with van der Waals surface area (Å²) in [4.78, 5) is 20.2. The molecule has 0 spiro atoms. The largest absolute Gasteiger partial charge is 0.476 e. The zero-order chi connectivity index (χ0) is 12.3. The number of carbonyl (C=O) groups is 1. The lowest BCUT2D eigenvalue weighted by Gasteiger charge is -2.05. The highest BCUT2D eigenvalue weighted by Crippen LogP contribution is 2.16. The van der Waals surface area contributed by atoms with Crippen LogP contribution >= 0.6 is 0 Å². The highest BCUT2D eigenvalue weighted by atomic mass is 16.6. The van der Waals surface area contributed by atoms with Gasteiger partial charge in [-0.2, -0.15) is 5.10 Å². The number of hydrogen-bond acceptors (Lipinski definition) is 6. The summed E-state index contributed by atoms with van der Waals surface area (Å²) < 4.78 is 0.905. The van der Waals surface area contributed by atoms with Crippen LogP contribution in [-0.4, -0.2) is 48.7 Å². The fraction of sp³-hybridized carbons (Fsp3) is 0.429. The van der Waals surface area contributed by atoms with Crippen LogP contribution in [0.5, 0.6) is 0 Å². The fourth-order valence-corrected chi connectivity index (χ4v) is 1.06. The Kier molecular flexibility index (Phi) is 3.53. The molecule has 16 heavy (non-hydrogen) atoms. The Morgan fingerprint density at radius 2 is 2.31 bits per heavy atom. The Labute approximate surface area is 88.7 Å². The molecule has 1 aromatic heterocycles. The van der Waals surface area contributed by atoms with Crippen LogP contribution in [0.1, 0.15) is 10.5 Å². The number of nitrogens with zero attached hydrogens (tertiary/aromatic N) is 3. The van der Waals surface area contributed by atoms with Gasteiger partial charge in [-0.15, -0.1) is 0 Å². The first-order valence-electron chi connectivity index (χ1n) is 4.19. The Balaban J connectivity index is 3.02. The predicted molar refractivity (Wildman–Crippen MR) is 48.9 cm³/mol. The SMILES string of the molecule is O=C(O)c1nn(CC(O)CO)cc1[N+](=O)[O-]. The summed E-state index contributed by atoms with van der Waals surface area (Å²) >= 11 is 0. The highest BCUT2D eigenvalue weighted by molar-refractivity contribution is 5.89. The lowest BCUT2D eigenvalue weighted by Crippen LogP contribution is -2.20. The van der Waals surface area contributed by atoms with Gasteiger partial charge in [0.25, 0.3) is 0 Å². The molecule has 0 aliphatic rings. The van der Waals surface area contributed by atoms with Crippen LogP contribution in [0, 0.1) is 10.1 Å². The van der Waals surface area contributed by atoms with Gasteiger partial charge in [-0.25, -0.2) is 4.79 Å². The zero-order valence-corrected chi connectivity index (χ0v) is 7.98. The molecule has 1 rings (SSSR count). The summed E-state index contributed by atoms with van der Waals surface area (Å²) in [5, 5.41) is 40.1. The highest BCUT2D eigenvalue weighted by Gasteiger charge is 2.25. The third-order valence-electron chi connectivity index (χ3n) is 1.75. The number of rotatable bonds is 5. The smallest absolute Gasteiger partial charge is 0.363 e. The first-order valence-corrected chi connectivity index (χ1v) is 4.19. The van der Waals surface area contributed by atoms with E-state index in [2.05, 4.69) is 5.10 Å². The third kappa shape index (κ3) is 2.52. The topological polar surface area (TPSA) is 139 Å². The molecule has 0 bridgehead atoms. The van der Waals surface area contributed by atoms with Crippen LogP contribution < -0.4 is 0 Å². The summed E-state index contributed by atoms with van der Waals surface area (Å²) in [6.45, 7) is -0.763. The van der Waals surface area contributed by atoms with Crippen LogP contribution in [0.3, 0.4) is 0 Å². The molecule has 0 aliphatic carbocycles. The normalized spacial score (nSPS) is 12.4. The van der Waals surface area contributed by atoms with E-state index >= 15 is 0 Å². The van der Waals surface area contributed by atoms with Gasteiger partial charge >= 0.3 is 11.7 Å². The van der Waals surface area contributed by atoms with Crippen LogP contribution in [0.2, 0.25) is 0 Å². The van der Waals surface area contributed by atoms with Gasteiger partial charge in [-0.3, -0.25) is 14.8 Å². The van der Waals surface area contributed by atoms with E-state index in [0.717, 1.165) is 10.9 Å². The molecule has 0 aliphatic heterocycles. The Morgan fingerprint density at radius 3 is 2.69 bits per heavy atom. The second kappa shape index (κ2) is 4.68. The van der Waals surface area contributed by atoms with E-state index in [4.69, 9.17) is 15.3 Å². The quantitative estimate of drug-likeness (QED) is 0.429. The number of aliphatic hydroxyl groups is 2. The first-order chi connectivity index (χ1) is 7.45. The van der Waals surface area contributed by atoms with Crippen molar-refractivity contribution in [2.75, 3.05) is 6.61 Å². The molecule has 9 heteroatoms. The number of nitro groups is 1. The molecule has 1 atom stereocenters. The Morgan fingerprint density at radius 1 is 1.69 bits per heavy atom. The van der Waals surface area contributed by atoms with Gasteiger partial charge in [0.1, 0.15) is 6.20 Å². The van der Waals surface area contributed by atoms with Crippen molar-refractivity contribution in [1.29, 1.82) is 0 Å². The van der Waals surface area contributed by atoms with Crippen molar-refractivity contribution in [3.05, 3.63) is 22.0 Å². The van der Waals surface area contributed by atoms with Gasteiger partial charge in [-0.1, -0.05) is 0 Å². The molecule has 1 heterocycles. The minimum atomic E-state index is -1.52. The Bertz CT molecular complexity index is 383. The van der Waals surface area contributed by atoms with Crippen molar-refractivity contribution in [3.63, 3.8) is 0 Å². The summed E-state index contributed by atoms with van der Waals surface area (Å²) in [5.41, 5.74) is -1.35. The van der Waals surface area contributed by atoms with E-state index in [0.29, 0.717) is 0 Å². The number of aromatic nitrogens is 2. The molecule has 0 aromatic carbocycles. The summed E-state index contributed by atoms with van der Waals surface area (Å²) in [5.74, 6) is -1.52. The van der Waals surface area contributed by atoms with Gasteiger partial charge < -0.3 is 15.3 Å². The van der Waals surface area contributed by atoms with Crippen molar-refractivity contribution >= 4 is 11.7 Å². The van der Waals surface area contributed by atoms with E-state index in [1.165, 1.54) is 0 Å². The molecule has 0 saturated heterocycles. The number of hydrogen-bond donors (Lipinski definition) is 3. The average molecular weight is 231 g/mol. The molecule has 1 unspecified atom stereocenters. The lowest BCUT2D eigenvalue weighted by atomic mass is 10.4. The molecule has 0 radical (unpaired) electrons. The predicted octanol–water partition coefficient (Wildman–Crippen LogP) is -1.16. The summed E-state index contributed by atoms with van der Waals surface area (Å²) in [7, 11) is 0. The first kappa shape index (κ1) is 12.1. The molecule has 0 amide bonds. The van der Waals surface area contributed by atoms with E-state index in [-0.39, 0.29) is 6.54 Å². The zero-order valence-electron chi connectivity index (χ0n) is 7.98. The van der Waals surface area contributed by atoms with Crippen molar-refractivity contribution in [1.82, 2.24) is 9.78 Å². The number of carboxylic acids is 1. The van der Waals surface area contributed by atoms with E-state index in [1.54, 1.807) is 0 Å². The fourth-order valence-electron chi connectivity index (χ4n) is 1.06. The number of aliphatic hydroxyl groups excluding tert-OH is 2. The van der Waals surface area contributed by atoms with E-state index < -0.39 is 35.0 Å². The molecule has 0 fully saturated rings. The lowest BCUT2D eigenvalue weighted by molar-refractivity contribution is -0.385. The molecule has 1 aromatic rings. The molecule has 88 valence electrons.